The topological polar surface area (TPSA) is 27.7 Å². The standard InChI is InChI=1S/C9H20O3Si/c1-3-11-13(12-4-2)9-7-5-6-8-10-9/h9,13H,3-8H2,1-2H3. The third-order valence-corrected chi connectivity index (χ3v) is 4.64. The first kappa shape index (κ1) is 11.2. The lowest BCUT2D eigenvalue weighted by Crippen LogP contribution is -2.41. The molecule has 1 unspecified atom stereocenters. The number of ether oxygens (including phenoxy) is 1. The van der Waals surface area contributed by atoms with Crippen molar-refractivity contribution in [2.45, 2.75) is 38.8 Å². The second-order valence-electron chi connectivity index (χ2n) is 3.18. The van der Waals surface area contributed by atoms with E-state index in [0.717, 1.165) is 26.2 Å². The van der Waals surface area contributed by atoms with Gasteiger partial charge >= 0.3 is 9.28 Å². The molecule has 1 atom stereocenters. The molecule has 13 heavy (non-hydrogen) atoms. The molecular formula is C9H20O3Si. The summed E-state index contributed by atoms with van der Waals surface area (Å²) in [6.07, 6.45) is 3.57. The minimum atomic E-state index is -1.54. The van der Waals surface area contributed by atoms with E-state index >= 15 is 0 Å². The smallest absolute Gasteiger partial charge is 0.351 e. The Labute approximate surface area is 82.2 Å². The lowest BCUT2D eigenvalue weighted by molar-refractivity contribution is 0.0298. The zero-order chi connectivity index (χ0) is 9.52. The van der Waals surface area contributed by atoms with Gasteiger partial charge in [0.2, 0.25) is 0 Å². The third kappa shape index (κ3) is 3.77. The van der Waals surface area contributed by atoms with Crippen molar-refractivity contribution in [3.05, 3.63) is 0 Å². The largest absolute Gasteiger partial charge is 0.395 e. The molecule has 0 aliphatic carbocycles. The molecule has 1 saturated heterocycles. The van der Waals surface area contributed by atoms with Crippen LogP contribution in [0.4, 0.5) is 0 Å². The van der Waals surface area contributed by atoms with Gasteiger partial charge in [0, 0.05) is 19.8 Å². The molecule has 0 aromatic heterocycles. The van der Waals surface area contributed by atoms with Gasteiger partial charge in [-0.1, -0.05) is 0 Å². The second kappa shape index (κ2) is 6.54. The number of rotatable bonds is 5. The minimum absolute atomic E-state index is 0.286. The van der Waals surface area contributed by atoms with Crippen molar-refractivity contribution in [1.82, 2.24) is 0 Å². The molecule has 0 radical (unpaired) electrons. The van der Waals surface area contributed by atoms with E-state index in [1.165, 1.54) is 12.8 Å². The van der Waals surface area contributed by atoms with Crippen LogP contribution >= 0.6 is 0 Å². The van der Waals surface area contributed by atoms with E-state index < -0.39 is 9.28 Å². The molecule has 0 aromatic rings. The predicted molar refractivity (Wildman–Crippen MR) is 54.0 cm³/mol. The Bertz CT molecular complexity index is 120. The van der Waals surface area contributed by atoms with Crippen molar-refractivity contribution in [2.75, 3.05) is 19.8 Å². The third-order valence-electron chi connectivity index (χ3n) is 2.18. The first-order chi connectivity index (χ1) is 6.38. The van der Waals surface area contributed by atoms with Crippen LogP contribution in [0.1, 0.15) is 33.1 Å². The van der Waals surface area contributed by atoms with Crippen LogP contribution in [-0.4, -0.2) is 34.8 Å². The van der Waals surface area contributed by atoms with Crippen molar-refractivity contribution in [2.24, 2.45) is 0 Å². The van der Waals surface area contributed by atoms with Gasteiger partial charge in [-0.05, 0) is 33.1 Å². The molecule has 0 spiro atoms. The van der Waals surface area contributed by atoms with E-state index in [9.17, 15) is 0 Å². The summed E-state index contributed by atoms with van der Waals surface area (Å²) >= 11 is 0. The van der Waals surface area contributed by atoms with Crippen LogP contribution in [-0.2, 0) is 13.6 Å². The summed E-state index contributed by atoms with van der Waals surface area (Å²) in [4.78, 5) is 0. The maximum atomic E-state index is 5.66. The minimum Gasteiger partial charge on any atom is -0.395 e. The second-order valence-corrected chi connectivity index (χ2v) is 5.33. The molecule has 0 bridgehead atoms. The van der Waals surface area contributed by atoms with Gasteiger partial charge < -0.3 is 13.6 Å². The summed E-state index contributed by atoms with van der Waals surface area (Å²) < 4.78 is 16.9. The fourth-order valence-electron chi connectivity index (χ4n) is 1.57. The van der Waals surface area contributed by atoms with Gasteiger partial charge in [-0.2, -0.15) is 0 Å². The molecule has 0 aromatic carbocycles. The van der Waals surface area contributed by atoms with E-state index in [0.29, 0.717) is 0 Å². The molecule has 0 amide bonds. The number of hydrogen-bond donors (Lipinski definition) is 0. The van der Waals surface area contributed by atoms with Crippen LogP contribution in [0.3, 0.4) is 0 Å². The van der Waals surface area contributed by atoms with Crippen LogP contribution < -0.4 is 0 Å². The van der Waals surface area contributed by atoms with E-state index in [2.05, 4.69) is 0 Å². The highest BCUT2D eigenvalue weighted by atomic mass is 28.3. The van der Waals surface area contributed by atoms with Crippen LogP contribution in [0.2, 0.25) is 0 Å². The van der Waals surface area contributed by atoms with Crippen molar-refractivity contribution >= 4 is 9.28 Å². The predicted octanol–water partition coefficient (Wildman–Crippen LogP) is 1.39. The molecular weight excluding hydrogens is 184 g/mol. The Kier molecular flexibility index (Phi) is 5.62. The first-order valence-electron chi connectivity index (χ1n) is 5.23. The Balaban J connectivity index is 2.32. The average Bonchev–Trinajstić information content (AvgIpc) is 2.19. The fourth-order valence-corrected chi connectivity index (χ4v) is 3.56. The van der Waals surface area contributed by atoms with Gasteiger partial charge in [0.05, 0.1) is 5.73 Å². The normalized spacial score (nSPS) is 23.8. The molecule has 78 valence electrons. The molecule has 1 fully saturated rings. The van der Waals surface area contributed by atoms with E-state index in [1.807, 2.05) is 13.8 Å². The van der Waals surface area contributed by atoms with Crippen LogP contribution in [0.25, 0.3) is 0 Å². The Morgan fingerprint density at radius 1 is 1.23 bits per heavy atom. The zero-order valence-electron chi connectivity index (χ0n) is 8.62. The SMILES string of the molecule is CCO[SiH](OCC)C1CCCCO1. The molecule has 1 rings (SSSR count). The van der Waals surface area contributed by atoms with Gasteiger partial charge in [0.25, 0.3) is 0 Å². The summed E-state index contributed by atoms with van der Waals surface area (Å²) in [7, 11) is -1.54. The first-order valence-corrected chi connectivity index (χ1v) is 6.84. The summed E-state index contributed by atoms with van der Waals surface area (Å²) in [5.41, 5.74) is 0.286. The van der Waals surface area contributed by atoms with Crippen molar-refractivity contribution in [3.8, 4) is 0 Å². The Hall–Kier alpha value is 0.0969. The van der Waals surface area contributed by atoms with Crippen molar-refractivity contribution in [1.29, 1.82) is 0 Å². The molecule has 3 nitrogen and oxygen atoms in total. The Morgan fingerprint density at radius 2 is 1.92 bits per heavy atom. The summed E-state index contributed by atoms with van der Waals surface area (Å²) in [5, 5.41) is 0. The average molecular weight is 204 g/mol. The van der Waals surface area contributed by atoms with Gasteiger partial charge in [-0.3, -0.25) is 0 Å². The molecule has 4 heteroatoms. The highest BCUT2D eigenvalue weighted by Crippen LogP contribution is 2.16. The van der Waals surface area contributed by atoms with E-state index in [4.69, 9.17) is 13.6 Å². The maximum absolute atomic E-state index is 5.66. The monoisotopic (exact) mass is 204 g/mol. The van der Waals surface area contributed by atoms with Crippen LogP contribution in [0, 0.1) is 0 Å². The zero-order valence-corrected chi connectivity index (χ0v) is 9.78. The maximum Gasteiger partial charge on any atom is 0.351 e. The Morgan fingerprint density at radius 3 is 2.38 bits per heavy atom. The quantitative estimate of drug-likeness (QED) is 0.633. The van der Waals surface area contributed by atoms with Crippen LogP contribution in [0.5, 0.6) is 0 Å². The molecule has 0 saturated carbocycles. The van der Waals surface area contributed by atoms with Gasteiger partial charge in [0.15, 0.2) is 0 Å². The van der Waals surface area contributed by atoms with Gasteiger partial charge in [0.1, 0.15) is 0 Å². The molecule has 1 heterocycles. The highest BCUT2D eigenvalue weighted by Gasteiger charge is 2.28. The lowest BCUT2D eigenvalue weighted by atomic mass is 10.2. The highest BCUT2D eigenvalue weighted by molar-refractivity contribution is 6.46. The van der Waals surface area contributed by atoms with E-state index in [1.54, 1.807) is 0 Å². The summed E-state index contributed by atoms with van der Waals surface area (Å²) in [6.45, 7) is 6.41. The van der Waals surface area contributed by atoms with Gasteiger partial charge in [-0.25, -0.2) is 0 Å². The van der Waals surface area contributed by atoms with Crippen molar-refractivity contribution in [3.63, 3.8) is 0 Å². The lowest BCUT2D eigenvalue weighted by Gasteiger charge is -2.27. The molecule has 1 aliphatic rings. The number of hydrogen-bond acceptors (Lipinski definition) is 3. The fraction of sp³-hybridized carbons (Fsp3) is 1.00. The van der Waals surface area contributed by atoms with Crippen molar-refractivity contribution < 1.29 is 13.6 Å². The van der Waals surface area contributed by atoms with Gasteiger partial charge in [-0.15, -0.1) is 0 Å². The van der Waals surface area contributed by atoms with E-state index in [-0.39, 0.29) is 5.73 Å². The summed E-state index contributed by atoms with van der Waals surface area (Å²) in [6, 6.07) is 0. The molecule has 0 N–H and O–H groups in total. The molecule has 1 aliphatic heterocycles. The van der Waals surface area contributed by atoms with Crippen LogP contribution in [0.15, 0.2) is 0 Å². The summed E-state index contributed by atoms with van der Waals surface area (Å²) in [5.74, 6) is 0.